The Kier molecular flexibility index (Phi) is 5.32. The van der Waals surface area contributed by atoms with Crippen LogP contribution in [0.3, 0.4) is 0 Å². The highest BCUT2D eigenvalue weighted by atomic mass is 32.2. The topological polar surface area (TPSA) is 99.3 Å². The maximum atomic E-state index is 13.1. The third kappa shape index (κ3) is 3.68. The molecule has 7 heteroatoms. The van der Waals surface area contributed by atoms with Gasteiger partial charge >= 0.3 is 5.97 Å². The Bertz CT molecular complexity index is 1140. The summed E-state index contributed by atoms with van der Waals surface area (Å²) in [5.74, 6) is -1.21. The molecule has 0 radical (unpaired) electrons. The highest BCUT2D eigenvalue weighted by Crippen LogP contribution is 2.27. The Morgan fingerprint density at radius 2 is 1.71 bits per heavy atom. The smallest absolute Gasteiger partial charge is 0.322 e. The van der Waals surface area contributed by atoms with Crippen molar-refractivity contribution in [2.75, 3.05) is 0 Å². The third-order valence-electron chi connectivity index (χ3n) is 5.26. The van der Waals surface area contributed by atoms with Crippen LogP contribution in [0.1, 0.15) is 27.8 Å². The first-order chi connectivity index (χ1) is 13.1. The van der Waals surface area contributed by atoms with Gasteiger partial charge in [-0.15, -0.1) is 0 Å². The fourth-order valence-corrected chi connectivity index (χ4v) is 5.33. The number of nitrogens with one attached hydrogen (secondary N) is 2. The molecular formula is C21H24N2O4S. The fraction of sp³-hybridized carbons (Fsp3) is 0.286. The zero-order valence-corrected chi connectivity index (χ0v) is 17.1. The van der Waals surface area contributed by atoms with E-state index < -0.39 is 22.0 Å². The number of hydrogen-bond acceptors (Lipinski definition) is 3. The van der Waals surface area contributed by atoms with Crippen molar-refractivity contribution in [1.82, 2.24) is 9.71 Å². The lowest BCUT2D eigenvalue weighted by molar-refractivity contribution is -0.138. The van der Waals surface area contributed by atoms with E-state index in [4.69, 9.17) is 0 Å². The lowest BCUT2D eigenvalue weighted by atomic mass is 10.0. The number of aryl methyl sites for hydroxylation is 2. The van der Waals surface area contributed by atoms with Crippen molar-refractivity contribution in [2.45, 2.75) is 45.1 Å². The van der Waals surface area contributed by atoms with Gasteiger partial charge in [0.25, 0.3) is 0 Å². The van der Waals surface area contributed by atoms with E-state index in [1.165, 1.54) is 0 Å². The summed E-state index contributed by atoms with van der Waals surface area (Å²) in [7, 11) is -4.01. The molecule has 0 aliphatic heterocycles. The SMILES string of the molecule is Cc1cc(C)c(C)c(S(=O)(=O)N[C@H](Cc2c[nH]c3ccccc23)C(=O)O)c1C. The van der Waals surface area contributed by atoms with Gasteiger partial charge in [0.2, 0.25) is 10.0 Å². The second-order valence-corrected chi connectivity index (χ2v) is 8.82. The summed E-state index contributed by atoms with van der Waals surface area (Å²) >= 11 is 0. The number of aliphatic carboxylic acids is 1. The Morgan fingerprint density at radius 1 is 1.11 bits per heavy atom. The van der Waals surface area contributed by atoms with E-state index in [0.717, 1.165) is 27.6 Å². The van der Waals surface area contributed by atoms with Crippen molar-refractivity contribution in [3.8, 4) is 0 Å². The van der Waals surface area contributed by atoms with E-state index in [1.54, 1.807) is 20.0 Å². The first-order valence-electron chi connectivity index (χ1n) is 8.99. The Hall–Kier alpha value is -2.64. The number of hydrogen-bond donors (Lipinski definition) is 3. The second-order valence-electron chi connectivity index (χ2n) is 7.17. The highest BCUT2D eigenvalue weighted by Gasteiger charge is 2.29. The van der Waals surface area contributed by atoms with Crippen LogP contribution in [-0.4, -0.2) is 30.5 Å². The molecule has 1 aromatic heterocycles. The summed E-state index contributed by atoms with van der Waals surface area (Å²) in [6.45, 7) is 7.18. The lowest BCUT2D eigenvalue weighted by Gasteiger charge is -2.19. The van der Waals surface area contributed by atoms with E-state index in [9.17, 15) is 18.3 Å². The minimum Gasteiger partial charge on any atom is -0.480 e. The molecule has 28 heavy (non-hydrogen) atoms. The van der Waals surface area contributed by atoms with Crippen molar-refractivity contribution < 1.29 is 18.3 Å². The van der Waals surface area contributed by atoms with Crippen molar-refractivity contribution in [3.63, 3.8) is 0 Å². The van der Waals surface area contributed by atoms with E-state index in [0.29, 0.717) is 11.1 Å². The van der Waals surface area contributed by atoms with E-state index in [1.807, 2.05) is 44.2 Å². The molecule has 0 aliphatic carbocycles. The zero-order valence-electron chi connectivity index (χ0n) is 16.3. The van der Waals surface area contributed by atoms with E-state index in [2.05, 4.69) is 9.71 Å². The van der Waals surface area contributed by atoms with E-state index in [-0.39, 0.29) is 11.3 Å². The summed E-state index contributed by atoms with van der Waals surface area (Å²) in [4.78, 5) is 15.1. The van der Waals surface area contributed by atoms with Crippen LogP contribution >= 0.6 is 0 Å². The number of H-pyrrole nitrogens is 1. The quantitative estimate of drug-likeness (QED) is 0.591. The molecule has 0 unspecified atom stereocenters. The number of aromatic amines is 1. The highest BCUT2D eigenvalue weighted by molar-refractivity contribution is 7.89. The van der Waals surface area contributed by atoms with Gasteiger partial charge in [0.1, 0.15) is 6.04 Å². The molecule has 0 saturated heterocycles. The standard InChI is InChI=1S/C21H24N2O4S/c1-12-9-13(2)15(4)20(14(12)3)28(26,27)23-19(21(24)25)10-16-11-22-18-8-6-5-7-17(16)18/h5-9,11,19,22-23H,10H2,1-4H3,(H,24,25)/t19-/m1/s1. The number of para-hydroxylation sites is 1. The molecule has 6 nitrogen and oxygen atoms in total. The van der Waals surface area contributed by atoms with Gasteiger partial charge in [-0.2, -0.15) is 4.72 Å². The number of carbonyl (C=O) groups is 1. The first kappa shape index (κ1) is 20.1. The molecule has 0 spiro atoms. The molecule has 2 aromatic carbocycles. The molecule has 0 bridgehead atoms. The van der Waals surface area contributed by atoms with Gasteiger partial charge in [-0.05, 0) is 61.6 Å². The van der Waals surface area contributed by atoms with Gasteiger partial charge in [-0.25, -0.2) is 8.42 Å². The fourth-order valence-electron chi connectivity index (χ4n) is 3.53. The second kappa shape index (κ2) is 7.41. The summed E-state index contributed by atoms with van der Waals surface area (Å²) in [6.07, 6.45) is 1.77. The zero-order chi connectivity index (χ0) is 20.6. The van der Waals surface area contributed by atoms with E-state index >= 15 is 0 Å². The number of carboxylic acid groups (broad SMARTS) is 1. The maximum absolute atomic E-state index is 13.1. The molecule has 3 aromatic rings. The number of rotatable bonds is 6. The Morgan fingerprint density at radius 3 is 2.32 bits per heavy atom. The van der Waals surface area contributed by atoms with Gasteiger partial charge in [0.15, 0.2) is 0 Å². The monoisotopic (exact) mass is 400 g/mol. The molecule has 0 fully saturated rings. The molecular weight excluding hydrogens is 376 g/mol. The van der Waals surface area contributed by atoms with Crippen molar-refractivity contribution in [3.05, 3.63) is 64.3 Å². The molecule has 1 heterocycles. The van der Waals surface area contributed by atoms with Gasteiger partial charge < -0.3 is 10.1 Å². The molecule has 148 valence electrons. The largest absolute Gasteiger partial charge is 0.480 e. The molecule has 0 aliphatic rings. The van der Waals surface area contributed by atoms with Crippen LogP contribution in [0.25, 0.3) is 10.9 Å². The van der Waals surface area contributed by atoms with Crippen LogP contribution < -0.4 is 4.72 Å². The number of fused-ring (bicyclic) bond motifs is 1. The van der Waals surface area contributed by atoms with Crippen molar-refractivity contribution in [2.24, 2.45) is 0 Å². The van der Waals surface area contributed by atoms with Crippen LogP contribution in [0, 0.1) is 27.7 Å². The first-order valence-corrected chi connectivity index (χ1v) is 10.5. The molecule has 1 atom stereocenters. The third-order valence-corrected chi connectivity index (χ3v) is 7.01. The summed E-state index contributed by atoms with van der Waals surface area (Å²) < 4.78 is 28.6. The summed E-state index contributed by atoms with van der Waals surface area (Å²) in [6, 6.07) is 8.18. The molecule has 3 rings (SSSR count). The van der Waals surface area contributed by atoms with Crippen LogP contribution in [0.2, 0.25) is 0 Å². The Labute approximate surface area is 164 Å². The molecule has 0 saturated carbocycles. The predicted octanol–water partition coefficient (Wildman–Crippen LogP) is 3.38. The number of sulfonamides is 1. The normalized spacial score (nSPS) is 13.0. The van der Waals surface area contributed by atoms with Crippen LogP contribution in [0.4, 0.5) is 0 Å². The summed E-state index contributed by atoms with van der Waals surface area (Å²) in [5.41, 5.74) is 4.60. The van der Waals surface area contributed by atoms with Crippen molar-refractivity contribution >= 4 is 26.9 Å². The average molecular weight is 401 g/mol. The van der Waals surface area contributed by atoms with Gasteiger partial charge in [-0.3, -0.25) is 4.79 Å². The van der Waals surface area contributed by atoms with Gasteiger partial charge in [-0.1, -0.05) is 24.3 Å². The van der Waals surface area contributed by atoms with Crippen LogP contribution in [-0.2, 0) is 21.2 Å². The molecule has 0 amide bonds. The minimum absolute atomic E-state index is 0.0431. The lowest BCUT2D eigenvalue weighted by Crippen LogP contribution is -2.42. The summed E-state index contributed by atoms with van der Waals surface area (Å²) in [5, 5.41) is 10.5. The van der Waals surface area contributed by atoms with Gasteiger partial charge in [0.05, 0.1) is 4.90 Å². The molecule has 3 N–H and O–H groups in total. The number of benzene rings is 2. The average Bonchev–Trinajstić information content (AvgIpc) is 3.02. The van der Waals surface area contributed by atoms with Crippen LogP contribution in [0.5, 0.6) is 0 Å². The van der Waals surface area contributed by atoms with Gasteiger partial charge in [0, 0.05) is 23.5 Å². The van der Waals surface area contributed by atoms with Crippen LogP contribution in [0.15, 0.2) is 41.4 Å². The van der Waals surface area contributed by atoms with Crippen molar-refractivity contribution in [1.29, 1.82) is 0 Å². The maximum Gasteiger partial charge on any atom is 0.322 e. The minimum atomic E-state index is -4.01. The number of carboxylic acids is 1. The Balaban J connectivity index is 1.98. The number of aromatic nitrogens is 1. The predicted molar refractivity (Wildman–Crippen MR) is 109 cm³/mol.